The highest BCUT2D eigenvalue weighted by molar-refractivity contribution is 7.94. The minimum Gasteiger partial charge on any atom is -0.291 e. The van der Waals surface area contributed by atoms with Crippen LogP contribution in [0.15, 0.2) is 0 Å². The second-order valence-corrected chi connectivity index (χ2v) is 3.82. The minimum atomic E-state index is 0.444. The van der Waals surface area contributed by atoms with E-state index in [2.05, 4.69) is 22.9 Å². The van der Waals surface area contributed by atoms with Crippen LogP contribution in [0.4, 0.5) is 0 Å². The lowest BCUT2D eigenvalue weighted by molar-refractivity contribution is 0.570. The number of carbonyl (C=O) groups excluding carboxylic acids is 1. The molecular weight excluding hydrogens is 172 g/mol. The van der Waals surface area contributed by atoms with Gasteiger partial charge in [0, 0.05) is 10.2 Å². The molecule has 0 aromatic heterocycles. The normalized spacial score (nSPS) is 19.5. The van der Waals surface area contributed by atoms with Crippen molar-refractivity contribution in [3.8, 4) is 0 Å². The van der Waals surface area contributed by atoms with Gasteiger partial charge in [-0.25, -0.2) is 0 Å². The summed E-state index contributed by atoms with van der Waals surface area (Å²) < 4.78 is 0. The van der Waals surface area contributed by atoms with Crippen molar-refractivity contribution < 1.29 is 4.79 Å². The van der Waals surface area contributed by atoms with Crippen molar-refractivity contribution in [1.82, 2.24) is 0 Å². The summed E-state index contributed by atoms with van der Waals surface area (Å²) in [5, 5.41) is 0. The van der Waals surface area contributed by atoms with Crippen LogP contribution in [-0.4, -0.2) is 15.9 Å². The van der Waals surface area contributed by atoms with Crippen LogP contribution in [0.1, 0.15) is 38.5 Å². The Balaban J connectivity index is 0.000000292. The molecule has 63 valence electrons. The molecule has 0 aromatic carbocycles. The average Bonchev–Trinajstić information content (AvgIpc) is 2.18. The summed E-state index contributed by atoms with van der Waals surface area (Å²) in [6.07, 6.45) is 8.60. The Morgan fingerprint density at radius 2 is 1.55 bits per heavy atom. The van der Waals surface area contributed by atoms with Gasteiger partial charge in [-0.05, 0) is 0 Å². The van der Waals surface area contributed by atoms with E-state index in [-0.39, 0.29) is 0 Å². The van der Waals surface area contributed by atoms with E-state index in [4.69, 9.17) is 4.79 Å². The summed E-state index contributed by atoms with van der Waals surface area (Å²) in [5.41, 5.74) is 1.28. The van der Waals surface area contributed by atoms with E-state index in [0.717, 1.165) is 5.54 Å². The number of hydrogen-bond acceptors (Lipinski definition) is 1. The van der Waals surface area contributed by atoms with E-state index in [9.17, 15) is 0 Å². The van der Waals surface area contributed by atoms with Crippen LogP contribution >= 0.6 is 12.6 Å². The molecule has 1 saturated carbocycles. The largest absolute Gasteiger partial charge is 0.291 e. The lowest BCUT2D eigenvalue weighted by atomic mass is 10.2. The monoisotopic (exact) mass is 187 g/mol. The van der Waals surface area contributed by atoms with Crippen LogP contribution in [0.5, 0.6) is 0 Å². The minimum absolute atomic E-state index is 0.444. The summed E-state index contributed by atoms with van der Waals surface area (Å²) in [7, 11) is 3.68. The maximum atomic E-state index is 8.67. The van der Waals surface area contributed by atoms with E-state index in [1.54, 1.807) is 0 Å². The van der Waals surface area contributed by atoms with Crippen molar-refractivity contribution in [1.29, 1.82) is 0 Å². The molecular formula is C8H15OSSi. The molecule has 0 amide bonds. The van der Waals surface area contributed by atoms with Gasteiger partial charge in [-0.15, -0.1) is 12.6 Å². The Kier molecular flexibility index (Phi) is 8.51. The molecule has 1 rings (SSSR count). The Morgan fingerprint density at radius 3 is 1.91 bits per heavy atom. The third-order valence-corrected chi connectivity index (χ3v) is 2.43. The third kappa shape index (κ3) is 8.14. The highest BCUT2D eigenvalue weighted by Gasteiger charge is 2.05. The average molecular weight is 187 g/mol. The van der Waals surface area contributed by atoms with Crippen molar-refractivity contribution >= 4 is 28.5 Å². The van der Waals surface area contributed by atoms with Gasteiger partial charge in [-0.2, -0.15) is 0 Å². The second-order valence-electron chi connectivity index (χ2n) is 2.79. The van der Waals surface area contributed by atoms with E-state index >= 15 is 0 Å². The topological polar surface area (TPSA) is 17.1 Å². The molecule has 3 radical (unpaired) electrons. The Bertz CT molecular complexity index is 90.1. The number of hydrogen-bond donors (Lipinski definition) is 1. The molecule has 1 aliphatic carbocycles. The molecule has 0 unspecified atom stereocenters. The maximum Gasteiger partial charge on any atom is 0.173 e. The summed E-state index contributed by atoms with van der Waals surface area (Å²) in [4.78, 5) is 8.67. The molecule has 0 heterocycles. The second kappa shape index (κ2) is 8.33. The molecule has 0 aromatic rings. The third-order valence-electron chi connectivity index (χ3n) is 1.86. The van der Waals surface area contributed by atoms with Crippen LogP contribution < -0.4 is 0 Å². The number of thiol groups is 1. The molecule has 11 heavy (non-hydrogen) atoms. The van der Waals surface area contributed by atoms with Crippen LogP contribution in [0.25, 0.3) is 0 Å². The summed E-state index contributed by atoms with van der Waals surface area (Å²) in [6.45, 7) is 0. The van der Waals surface area contributed by atoms with Gasteiger partial charge < -0.3 is 0 Å². The smallest absolute Gasteiger partial charge is 0.173 e. The summed E-state index contributed by atoms with van der Waals surface area (Å²) in [5.74, 6) is 0. The van der Waals surface area contributed by atoms with Gasteiger partial charge in [0.2, 0.25) is 0 Å². The van der Waals surface area contributed by atoms with Gasteiger partial charge in [-0.1, -0.05) is 44.1 Å². The lowest BCUT2D eigenvalue weighted by Crippen LogP contribution is -1.87. The van der Waals surface area contributed by atoms with E-state index < -0.39 is 0 Å². The Hall–Kier alpha value is 0.237. The molecule has 1 nitrogen and oxygen atoms in total. The van der Waals surface area contributed by atoms with Crippen molar-refractivity contribution in [2.45, 2.75) is 44.1 Å². The van der Waals surface area contributed by atoms with Gasteiger partial charge in [-0.3, -0.25) is 4.79 Å². The van der Waals surface area contributed by atoms with Crippen LogP contribution in [-0.2, 0) is 4.79 Å². The molecule has 0 aliphatic heterocycles. The molecule has 0 N–H and O–H groups in total. The summed E-state index contributed by atoms with van der Waals surface area (Å²) >= 11 is 3.11. The van der Waals surface area contributed by atoms with Crippen molar-refractivity contribution in [3.05, 3.63) is 0 Å². The molecule has 0 saturated heterocycles. The fourth-order valence-electron chi connectivity index (χ4n) is 1.28. The van der Waals surface area contributed by atoms with Crippen molar-refractivity contribution in [2.75, 3.05) is 0 Å². The zero-order valence-electron chi connectivity index (χ0n) is 6.75. The van der Waals surface area contributed by atoms with Crippen LogP contribution in [0.3, 0.4) is 0 Å². The molecule has 1 aliphatic rings. The first-order valence-corrected chi connectivity index (χ1v) is 5.19. The van der Waals surface area contributed by atoms with Gasteiger partial charge in [0.25, 0.3) is 0 Å². The molecule has 1 fully saturated rings. The van der Waals surface area contributed by atoms with E-state index in [0.29, 0.717) is 5.62 Å². The maximum absolute atomic E-state index is 8.67. The summed E-state index contributed by atoms with van der Waals surface area (Å²) in [6, 6.07) is 0. The SMILES string of the molecule is O=CS.[Si]C1CCCCCC1. The Labute approximate surface area is 77.8 Å². The molecule has 0 atom stereocenters. The zero-order chi connectivity index (χ0) is 8.53. The zero-order valence-corrected chi connectivity index (χ0v) is 8.65. The first kappa shape index (κ1) is 11.2. The van der Waals surface area contributed by atoms with Crippen LogP contribution in [0.2, 0.25) is 5.54 Å². The van der Waals surface area contributed by atoms with Crippen molar-refractivity contribution in [2.24, 2.45) is 0 Å². The Morgan fingerprint density at radius 1 is 1.18 bits per heavy atom. The highest BCUT2D eigenvalue weighted by atomic mass is 32.1. The lowest BCUT2D eigenvalue weighted by Gasteiger charge is -2.02. The van der Waals surface area contributed by atoms with Crippen LogP contribution in [0, 0.1) is 0 Å². The van der Waals surface area contributed by atoms with E-state index in [1.165, 1.54) is 38.5 Å². The van der Waals surface area contributed by atoms with Gasteiger partial charge in [0.15, 0.2) is 5.62 Å². The number of carbonyl (C=O) groups is 1. The molecule has 0 bridgehead atoms. The van der Waals surface area contributed by atoms with Crippen molar-refractivity contribution in [3.63, 3.8) is 0 Å². The van der Waals surface area contributed by atoms with E-state index in [1.807, 2.05) is 0 Å². The fourth-order valence-corrected chi connectivity index (χ4v) is 1.69. The first-order chi connectivity index (χ1) is 5.31. The standard InChI is InChI=1S/C7H13Si.CH2OS/c8-7-5-3-1-2-4-6-7;2-1-3/h7H,1-6H2;1H,(H,2,3). The highest BCUT2D eigenvalue weighted by Crippen LogP contribution is 2.23. The van der Waals surface area contributed by atoms with Gasteiger partial charge >= 0.3 is 0 Å². The first-order valence-electron chi connectivity index (χ1n) is 4.10. The van der Waals surface area contributed by atoms with Gasteiger partial charge in [0.1, 0.15) is 0 Å². The number of rotatable bonds is 0. The molecule has 3 heteroatoms. The predicted octanol–water partition coefficient (Wildman–Crippen LogP) is 2.40. The predicted molar refractivity (Wildman–Crippen MR) is 52.9 cm³/mol. The molecule has 0 spiro atoms. The quantitative estimate of drug-likeness (QED) is 0.267. The van der Waals surface area contributed by atoms with Gasteiger partial charge in [0.05, 0.1) is 0 Å². The fraction of sp³-hybridized carbons (Fsp3) is 0.875.